The van der Waals surface area contributed by atoms with E-state index in [1.54, 1.807) is 11.3 Å². The third-order valence-corrected chi connectivity index (χ3v) is 4.26. The lowest BCUT2D eigenvalue weighted by atomic mass is 10.1. The van der Waals surface area contributed by atoms with Crippen molar-refractivity contribution in [3.63, 3.8) is 0 Å². The number of nitrogens with zero attached hydrogens (tertiary/aromatic N) is 1. The molecule has 0 atom stereocenters. The Morgan fingerprint density at radius 2 is 2.14 bits per heavy atom. The Hall–Kier alpha value is -0.370. The summed E-state index contributed by atoms with van der Waals surface area (Å²) in [6, 6.07) is 6.26. The van der Waals surface area contributed by atoms with Crippen LogP contribution in [0.1, 0.15) is 5.56 Å². The van der Waals surface area contributed by atoms with Crippen LogP contribution in [0.15, 0.2) is 26.5 Å². The standard InChI is InChI=1S/C10H5Br2NS/c11-7-3-6(1-2-13)10-8(12)5-14-9(10)4-7/h3-5H,1H2. The molecule has 0 amide bonds. The van der Waals surface area contributed by atoms with Gasteiger partial charge in [0.2, 0.25) is 0 Å². The van der Waals surface area contributed by atoms with Crippen molar-refractivity contribution in [2.24, 2.45) is 0 Å². The Morgan fingerprint density at radius 3 is 2.86 bits per heavy atom. The molecule has 0 aliphatic heterocycles. The average molecular weight is 331 g/mol. The summed E-state index contributed by atoms with van der Waals surface area (Å²) in [4.78, 5) is 0. The third kappa shape index (κ3) is 1.72. The number of hydrogen-bond acceptors (Lipinski definition) is 2. The van der Waals surface area contributed by atoms with Gasteiger partial charge in [0.25, 0.3) is 0 Å². The van der Waals surface area contributed by atoms with Gasteiger partial charge in [0.15, 0.2) is 0 Å². The van der Waals surface area contributed by atoms with E-state index in [-0.39, 0.29) is 0 Å². The van der Waals surface area contributed by atoms with Gasteiger partial charge in [0, 0.05) is 24.4 Å². The summed E-state index contributed by atoms with van der Waals surface area (Å²) in [5, 5.41) is 11.9. The van der Waals surface area contributed by atoms with Gasteiger partial charge in [-0.1, -0.05) is 15.9 Å². The molecule has 0 radical (unpaired) electrons. The van der Waals surface area contributed by atoms with E-state index >= 15 is 0 Å². The first-order valence-corrected chi connectivity index (χ1v) is 6.41. The van der Waals surface area contributed by atoms with Gasteiger partial charge >= 0.3 is 0 Å². The maximum absolute atomic E-state index is 8.72. The maximum Gasteiger partial charge on any atom is 0.0669 e. The van der Waals surface area contributed by atoms with Crippen LogP contribution in [0.3, 0.4) is 0 Å². The van der Waals surface area contributed by atoms with Crippen LogP contribution in [0, 0.1) is 11.3 Å². The fraction of sp³-hybridized carbons (Fsp3) is 0.100. The molecule has 0 unspecified atom stereocenters. The van der Waals surface area contributed by atoms with Crippen molar-refractivity contribution >= 4 is 53.3 Å². The van der Waals surface area contributed by atoms with Crippen LogP contribution in [0.25, 0.3) is 10.1 Å². The van der Waals surface area contributed by atoms with Crippen molar-refractivity contribution in [3.05, 3.63) is 32.0 Å². The van der Waals surface area contributed by atoms with E-state index in [4.69, 9.17) is 5.26 Å². The molecule has 0 N–H and O–H groups in total. The Labute approximate surface area is 103 Å². The molecule has 1 nitrogen and oxygen atoms in total. The Morgan fingerprint density at radius 1 is 1.36 bits per heavy atom. The van der Waals surface area contributed by atoms with E-state index in [0.717, 1.165) is 14.5 Å². The highest BCUT2D eigenvalue weighted by Gasteiger charge is 2.08. The zero-order valence-electron chi connectivity index (χ0n) is 7.05. The fourth-order valence-electron chi connectivity index (χ4n) is 1.40. The molecule has 0 fully saturated rings. The van der Waals surface area contributed by atoms with Crippen LogP contribution in [0.4, 0.5) is 0 Å². The predicted octanol–water partition coefficient (Wildman–Crippen LogP) is 4.49. The summed E-state index contributed by atoms with van der Waals surface area (Å²) in [5.41, 5.74) is 1.07. The summed E-state index contributed by atoms with van der Waals surface area (Å²) in [7, 11) is 0. The third-order valence-electron chi connectivity index (χ3n) is 1.95. The monoisotopic (exact) mass is 329 g/mol. The second kappa shape index (κ2) is 4.01. The highest BCUT2D eigenvalue weighted by molar-refractivity contribution is 9.11. The minimum absolute atomic E-state index is 0.450. The van der Waals surface area contributed by atoms with Gasteiger partial charge in [0.1, 0.15) is 0 Å². The highest BCUT2D eigenvalue weighted by atomic mass is 79.9. The van der Waals surface area contributed by atoms with Gasteiger partial charge in [-0.25, -0.2) is 0 Å². The summed E-state index contributed by atoms with van der Waals surface area (Å²) in [6.45, 7) is 0. The Bertz CT molecular complexity index is 525. The van der Waals surface area contributed by atoms with Crippen molar-refractivity contribution < 1.29 is 0 Å². The molecule has 1 heterocycles. The Balaban J connectivity index is 2.78. The Kier molecular flexibility index (Phi) is 2.91. The first kappa shape index (κ1) is 10.2. The van der Waals surface area contributed by atoms with Gasteiger partial charge in [-0.2, -0.15) is 5.26 Å². The van der Waals surface area contributed by atoms with Gasteiger partial charge in [-0.3, -0.25) is 0 Å². The first-order chi connectivity index (χ1) is 6.72. The number of rotatable bonds is 1. The minimum Gasteiger partial charge on any atom is -0.198 e. The maximum atomic E-state index is 8.72. The van der Waals surface area contributed by atoms with Crippen LogP contribution in [0.5, 0.6) is 0 Å². The summed E-state index contributed by atoms with van der Waals surface area (Å²) < 4.78 is 3.32. The molecule has 0 aliphatic carbocycles. The number of halogens is 2. The SMILES string of the molecule is N#CCc1cc(Br)cc2scc(Br)c12. The number of benzene rings is 1. The lowest BCUT2D eigenvalue weighted by Crippen LogP contribution is -1.83. The molecular formula is C10H5Br2NS. The number of hydrogen-bond donors (Lipinski definition) is 0. The summed E-state index contributed by atoms with van der Waals surface area (Å²) in [6.07, 6.45) is 0.450. The van der Waals surface area contributed by atoms with Crippen LogP contribution >= 0.6 is 43.2 Å². The predicted molar refractivity (Wildman–Crippen MR) is 66.5 cm³/mol. The van der Waals surface area contributed by atoms with Crippen LogP contribution < -0.4 is 0 Å². The number of thiophene rings is 1. The largest absolute Gasteiger partial charge is 0.198 e. The molecule has 1 aromatic heterocycles. The topological polar surface area (TPSA) is 23.8 Å². The molecule has 4 heteroatoms. The van der Waals surface area contributed by atoms with E-state index in [0.29, 0.717) is 6.42 Å². The molecular weight excluding hydrogens is 326 g/mol. The molecule has 0 saturated heterocycles. The zero-order chi connectivity index (χ0) is 10.1. The van der Waals surface area contributed by atoms with Crippen molar-refractivity contribution in [3.8, 4) is 6.07 Å². The lowest BCUT2D eigenvalue weighted by molar-refractivity contribution is 1.28. The first-order valence-electron chi connectivity index (χ1n) is 3.94. The van der Waals surface area contributed by atoms with Gasteiger partial charge < -0.3 is 0 Å². The van der Waals surface area contributed by atoms with Crippen molar-refractivity contribution in [1.82, 2.24) is 0 Å². The fourth-order valence-corrected chi connectivity index (χ4v) is 3.84. The molecule has 0 saturated carbocycles. The van der Waals surface area contributed by atoms with E-state index in [2.05, 4.69) is 49.4 Å². The normalized spacial score (nSPS) is 10.4. The van der Waals surface area contributed by atoms with Crippen LogP contribution in [0.2, 0.25) is 0 Å². The van der Waals surface area contributed by atoms with Crippen molar-refractivity contribution in [2.75, 3.05) is 0 Å². The summed E-state index contributed by atoms with van der Waals surface area (Å²) >= 11 is 8.62. The molecule has 2 aromatic rings. The molecule has 0 spiro atoms. The van der Waals surface area contributed by atoms with E-state index in [9.17, 15) is 0 Å². The second-order valence-corrected chi connectivity index (χ2v) is 5.54. The van der Waals surface area contributed by atoms with Crippen molar-refractivity contribution in [2.45, 2.75) is 6.42 Å². The van der Waals surface area contributed by atoms with Crippen LogP contribution in [-0.2, 0) is 6.42 Å². The molecule has 0 aliphatic rings. The number of fused-ring (bicyclic) bond motifs is 1. The van der Waals surface area contributed by atoms with E-state index in [1.807, 2.05) is 6.07 Å². The van der Waals surface area contributed by atoms with Crippen molar-refractivity contribution in [1.29, 1.82) is 5.26 Å². The molecule has 2 rings (SSSR count). The minimum atomic E-state index is 0.450. The molecule has 14 heavy (non-hydrogen) atoms. The smallest absolute Gasteiger partial charge is 0.0669 e. The van der Waals surface area contributed by atoms with Gasteiger partial charge in [0.05, 0.1) is 12.5 Å². The van der Waals surface area contributed by atoms with E-state index < -0.39 is 0 Å². The second-order valence-electron chi connectivity index (χ2n) is 2.86. The summed E-state index contributed by atoms with van der Waals surface area (Å²) in [5.74, 6) is 0. The zero-order valence-corrected chi connectivity index (χ0v) is 11.0. The molecule has 0 bridgehead atoms. The molecule has 1 aromatic carbocycles. The highest BCUT2D eigenvalue weighted by Crippen LogP contribution is 2.35. The average Bonchev–Trinajstić information content (AvgIpc) is 2.48. The van der Waals surface area contributed by atoms with Gasteiger partial charge in [-0.15, -0.1) is 11.3 Å². The van der Waals surface area contributed by atoms with Gasteiger partial charge in [-0.05, 0) is 33.6 Å². The molecule has 70 valence electrons. The number of nitriles is 1. The van der Waals surface area contributed by atoms with E-state index in [1.165, 1.54) is 10.1 Å². The van der Waals surface area contributed by atoms with Crippen LogP contribution in [-0.4, -0.2) is 0 Å². The lowest BCUT2D eigenvalue weighted by Gasteiger charge is -2.00. The quantitative estimate of drug-likeness (QED) is 0.755.